The van der Waals surface area contributed by atoms with Crippen LogP contribution in [0.3, 0.4) is 0 Å². The smallest absolute Gasteiger partial charge is 0.247 e. The molecule has 1 atom stereocenters. The molecular formula is C19H22N2O2S. The highest BCUT2D eigenvalue weighted by Gasteiger charge is 2.32. The van der Waals surface area contributed by atoms with Gasteiger partial charge in [-0.15, -0.1) is 11.3 Å². The molecule has 0 aliphatic carbocycles. The predicted molar refractivity (Wildman–Crippen MR) is 95.8 cm³/mol. The fourth-order valence-electron chi connectivity index (χ4n) is 3.07. The van der Waals surface area contributed by atoms with Crippen molar-refractivity contribution in [3.05, 3.63) is 58.3 Å². The van der Waals surface area contributed by atoms with Gasteiger partial charge in [0.25, 0.3) is 0 Å². The minimum atomic E-state index is -0.526. The van der Waals surface area contributed by atoms with E-state index in [1.54, 1.807) is 16.2 Å². The Morgan fingerprint density at radius 2 is 2.00 bits per heavy atom. The summed E-state index contributed by atoms with van der Waals surface area (Å²) in [4.78, 5) is 28.1. The summed E-state index contributed by atoms with van der Waals surface area (Å²) < 4.78 is 0. The summed E-state index contributed by atoms with van der Waals surface area (Å²) in [5.41, 5.74) is 0.876. The Kier molecular flexibility index (Phi) is 5.64. The molecule has 1 aliphatic heterocycles. The zero-order chi connectivity index (χ0) is 16.8. The number of benzene rings is 1. The van der Waals surface area contributed by atoms with E-state index in [2.05, 4.69) is 11.4 Å². The van der Waals surface area contributed by atoms with Crippen LogP contribution in [-0.2, 0) is 16.0 Å². The lowest BCUT2D eigenvalue weighted by Gasteiger charge is -2.34. The number of nitrogens with one attached hydrogen (secondary N) is 1. The van der Waals surface area contributed by atoms with Gasteiger partial charge in [-0.25, -0.2) is 0 Å². The molecule has 1 fully saturated rings. The van der Waals surface area contributed by atoms with E-state index in [1.165, 1.54) is 4.88 Å². The molecule has 1 saturated heterocycles. The molecule has 5 heteroatoms. The van der Waals surface area contributed by atoms with Gasteiger partial charge in [0.2, 0.25) is 11.8 Å². The van der Waals surface area contributed by atoms with E-state index >= 15 is 0 Å². The van der Waals surface area contributed by atoms with Gasteiger partial charge in [-0.3, -0.25) is 9.59 Å². The standard InChI is InChI=1S/C19H22N2O2S/c22-17-10-4-5-13-21(17)18(15-7-2-1-3-8-15)19(23)20-12-11-16-9-6-14-24-16/h1-3,6-9,14,18H,4-5,10-13H2,(H,20,23)/t18-/m1/s1. The minimum Gasteiger partial charge on any atom is -0.354 e. The summed E-state index contributed by atoms with van der Waals surface area (Å²) in [6.07, 6.45) is 3.22. The van der Waals surface area contributed by atoms with E-state index in [9.17, 15) is 9.59 Å². The molecule has 4 nitrogen and oxygen atoms in total. The molecule has 1 N–H and O–H groups in total. The number of nitrogens with zero attached hydrogens (tertiary/aromatic N) is 1. The molecule has 2 amide bonds. The molecular weight excluding hydrogens is 320 g/mol. The van der Waals surface area contributed by atoms with Crippen molar-refractivity contribution in [3.8, 4) is 0 Å². The van der Waals surface area contributed by atoms with Crippen molar-refractivity contribution in [1.82, 2.24) is 10.2 Å². The molecule has 0 saturated carbocycles. The number of thiophene rings is 1. The van der Waals surface area contributed by atoms with Gasteiger partial charge in [0, 0.05) is 24.4 Å². The van der Waals surface area contributed by atoms with Gasteiger partial charge in [0.05, 0.1) is 0 Å². The van der Waals surface area contributed by atoms with Gasteiger partial charge in [-0.1, -0.05) is 36.4 Å². The number of likely N-dealkylation sites (tertiary alicyclic amines) is 1. The first-order chi connectivity index (χ1) is 11.8. The van der Waals surface area contributed by atoms with Crippen LogP contribution in [0.5, 0.6) is 0 Å². The van der Waals surface area contributed by atoms with Gasteiger partial charge >= 0.3 is 0 Å². The normalized spacial score (nSPS) is 16.0. The molecule has 24 heavy (non-hydrogen) atoms. The highest BCUT2D eigenvalue weighted by atomic mass is 32.1. The summed E-state index contributed by atoms with van der Waals surface area (Å²) in [5.74, 6) is -0.0171. The molecule has 0 radical (unpaired) electrons. The van der Waals surface area contributed by atoms with E-state index in [4.69, 9.17) is 0 Å². The van der Waals surface area contributed by atoms with Crippen LogP contribution in [-0.4, -0.2) is 29.8 Å². The summed E-state index contributed by atoms with van der Waals surface area (Å²) in [6, 6.07) is 13.2. The third-order valence-corrected chi connectivity index (χ3v) is 5.22. The molecule has 3 rings (SSSR count). The first kappa shape index (κ1) is 16.7. The molecule has 1 aromatic carbocycles. The Bertz CT molecular complexity index is 670. The van der Waals surface area contributed by atoms with Crippen LogP contribution in [0.2, 0.25) is 0 Å². The third-order valence-electron chi connectivity index (χ3n) is 4.29. The maximum absolute atomic E-state index is 12.8. The number of hydrogen-bond acceptors (Lipinski definition) is 3. The number of carbonyl (C=O) groups excluding carboxylic acids is 2. The van der Waals surface area contributed by atoms with Gasteiger partial charge in [-0.05, 0) is 36.3 Å². The minimum absolute atomic E-state index is 0.0727. The maximum atomic E-state index is 12.8. The van der Waals surface area contributed by atoms with Gasteiger partial charge in [0.15, 0.2) is 0 Å². The van der Waals surface area contributed by atoms with Crippen LogP contribution in [0, 0.1) is 0 Å². The lowest BCUT2D eigenvalue weighted by Crippen LogP contribution is -2.46. The monoisotopic (exact) mass is 342 g/mol. The molecule has 2 aromatic rings. The second-order valence-corrected chi connectivity index (χ2v) is 7.01. The highest BCUT2D eigenvalue weighted by Crippen LogP contribution is 2.25. The van der Waals surface area contributed by atoms with Crippen molar-refractivity contribution in [2.24, 2.45) is 0 Å². The Balaban J connectivity index is 1.71. The second-order valence-electron chi connectivity index (χ2n) is 5.98. The first-order valence-electron chi connectivity index (χ1n) is 8.40. The number of piperidine rings is 1. The average molecular weight is 342 g/mol. The summed E-state index contributed by atoms with van der Waals surface area (Å²) in [5, 5.41) is 5.05. The Morgan fingerprint density at radius 1 is 1.17 bits per heavy atom. The summed E-state index contributed by atoms with van der Waals surface area (Å²) >= 11 is 1.69. The molecule has 1 aliphatic rings. The van der Waals surface area contributed by atoms with Gasteiger partial charge in [0.1, 0.15) is 6.04 Å². The fraction of sp³-hybridized carbons (Fsp3) is 0.368. The van der Waals surface area contributed by atoms with E-state index < -0.39 is 6.04 Å². The molecule has 1 aromatic heterocycles. The van der Waals surface area contributed by atoms with E-state index in [0.717, 1.165) is 24.8 Å². The second kappa shape index (κ2) is 8.11. The van der Waals surface area contributed by atoms with Crippen LogP contribution in [0.25, 0.3) is 0 Å². The van der Waals surface area contributed by atoms with Crippen molar-refractivity contribution in [2.75, 3.05) is 13.1 Å². The number of hydrogen-bond donors (Lipinski definition) is 1. The molecule has 2 heterocycles. The zero-order valence-corrected chi connectivity index (χ0v) is 14.4. The lowest BCUT2D eigenvalue weighted by atomic mass is 10.0. The van der Waals surface area contributed by atoms with Crippen LogP contribution >= 0.6 is 11.3 Å². The summed E-state index contributed by atoms with van der Waals surface area (Å²) in [6.45, 7) is 1.24. The SMILES string of the molecule is O=C(NCCc1cccs1)[C@@H](c1ccccc1)N1CCCCC1=O. The topological polar surface area (TPSA) is 49.4 Å². The van der Waals surface area contributed by atoms with E-state index in [1.807, 2.05) is 41.8 Å². The van der Waals surface area contributed by atoms with Crippen molar-refractivity contribution < 1.29 is 9.59 Å². The predicted octanol–water partition coefficient (Wildman–Crippen LogP) is 3.16. The molecule has 0 spiro atoms. The quantitative estimate of drug-likeness (QED) is 0.877. The van der Waals surface area contributed by atoms with Crippen LogP contribution in [0.1, 0.15) is 35.7 Å². The first-order valence-corrected chi connectivity index (χ1v) is 9.28. The van der Waals surface area contributed by atoms with Gasteiger partial charge in [-0.2, -0.15) is 0 Å². The highest BCUT2D eigenvalue weighted by molar-refractivity contribution is 7.09. The average Bonchev–Trinajstić information content (AvgIpc) is 3.11. The fourth-order valence-corrected chi connectivity index (χ4v) is 3.78. The zero-order valence-electron chi connectivity index (χ0n) is 13.6. The van der Waals surface area contributed by atoms with Crippen molar-refractivity contribution in [2.45, 2.75) is 31.7 Å². The Hall–Kier alpha value is -2.14. The van der Waals surface area contributed by atoms with Crippen molar-refractivity contribution in [3.63, 3.8) is 0 Å². The van der Waals surface area contributed by atoms with Crippen molar-refractivity contribution >= 4 is 23.2 Å². The van der Waals surface area contributed by atoms with Gasteiger partial charge < -0.3 is 10.2 Å². The largest absolute Gasteiger partial charge is 0.354 e. The lowest BCUT2D eigenvalue weighted by molar-refractivity contribution is -0.142. The molecule has 126 valence electrons. The number of carbonyl (C=O) groups is 2. The van der Waals surface area contributed by atoms with Crippen LogP contribution in [0.4, 0.5) is 0 Å². The molecule has 0 unspecified atom stereocenters. The number of amides is 2. The summed E-state index contributed by atoms with van der Waals surface area (Å²) in [7, 11) is 0. The van der Waals surface area contributed by atoms with Crippen LogP contribution < -0.4 is 5.32 Å². The van der Waals surface area contributed by atoms with Crippen molar-refractivity contribution in [1.29, 1.82) is 0 Å². The van der Waals surface area contributed by atoms with Crippen LogP contribution in [0.15, 0.2) is 47.8 Å². The number of rotatable bonds is 6. The Morgan fingerprint density at radius 3 is 2.71 bits per heavy atom. The molecule has 0 bridgehead atoms. The maximum Gasteiger partial charge on any atom is 0.247 e. The van der Waals surface area contributed by atoms with E-state index in [-0.39, 0.29) is 11.8 Å². The third kappa shape index (κ3) is 4.03. The Labute approximate surface area is 146 Å². The van der Waals surface area contributed by atoms with E-state index in [0.29, 0.717) is 19.5 Å².